The van der Waals surface area contributed by atoms with Crippen LogP contribution in [0.25, 0.3) is 11.1 Å². The minimum atomic E-state index is -0.239. The van der Waals surface area contributed by atoms with Crippen LogP contribution >= 0.6 is 11.6 Å². The van der Waals surface area contributed by atoms with E-state index in [1.807, 2.05) is 26.0 Å². The van der Waals surface area contributed by atoms with E-state index in [1.165, 1.54) is 0 Å². The van der Waals surface area contributed by atoms with Crippen molar-refractivity contribution in [1.82, 2.24) is 15.3 Å². The lowest BCUT2D eigenvalue weighted by atomic mass is 10.2. The molecular formula is C18H18ClN3O3. The molecule has 3 rings (SSSR count). The summed E-state index contributed by atoms with van der Waals surface area (Å²) in [5, 5.41) is 4.16. The fourth-order valence-electron chi connectivity index (χ4n) is 2.41. The van der Waals surface area contributed by atoms with Crippen LogP contribution in [0, 0.1) is 20.8 Å². The Morgan fingerprint density at radius 1 is 1.20 bits per heavy atom. The highest BCUT2D eigenvalue weighted by Gasteiger charge is 2.17. The quantitative estimate of drug-likeness (QED) is 0.754. The zero-order valence-electron chi connectivity index (χ0n) is 14.2. The minimum absolute atomic E-state index is 0.136. The molecule has 2 aromatic heterocycles. The molecule has 0 spiro atoms. The van der Waals surface area contributed by atoms with Crippen LogP contribution in [0.3, 0.4) is 0 Å². The number of carbonyl (C=O) groups is 1. The largest absolute Gasteiger partial charge is 0.467 e. The van der Waals surface area contributed by atoms with Crippen molar-refractivity contribution in [2.24, 2.45) is 0 Å². The highest BCUT2D eigenvalue weighted by molar-refractivity contribution is 6.30. The molecule has 1 N–H and O–H groups in total. The van der Waals surface area contributed by atoms with E-state index in [1.54, 1.807) is 19.1 Å². The highest BCUT2D eigenvalue weighted by Crippen LogP contribution is 2.30. The van der Waals surface area contributed by atoms with Crippen molar-refractivity contribution >= 4 is 28.6 Å². The Kier molecular flexibility index (Phi) is 4.90. The smallest absolute Gasteiger partial charge is 0.258 e. The maximum absolute atomic E-state index is 12.0. The van der Waals surface area contributed by atoms with Gasteiger partial charge in [0.1, 0.15) is 17.0 Å². The second-order valence-electron chi connectivity index (χ2n) is 5.73. The summed E-state index contributed by atoms with van der Waals surface area (Å²) >= 11 is 5.84. The zero-order chi connectivity index (χ0) is 18.0. The average molecular weight is 360 g/mol. The summed E-state index contributed by atoms with van der Waals surface area (Å²) in [6.45, 7) is 5.78. The van der Waals surface area contributed by atoms with Gasteiger partial charge < -0.3 is 14.5 Å². The number of nitrogens with one attached hydrogen (secondary N) is 1. The van der Waals surface area contributed by atoms with Gasteiger partial charge in [0.2, 0.25) is 11.6 Å². The van der Waals surface area contributed by atoms with Gasteiger partial charge in [0.05, 0.1) is 0 Å². The number of hydrogen-bond donors (Lipinski definition) is 1. The van der Waals surface area contributed by atoms with Crippen LogP contribution in [0.15, 0.2) is 28.7 Å². The topological polar surface area (TPSA) is 77.2 Å². The lowest BCUT2D eigenvalue weighted by Gasteiger charge is -2.08. The van der Waals surface area contributed by atoms with E-state index in [2.05, 4.69) is 15.3 Å². The normalized spacial score (nSPS) is 10.9. The average Bonchev–Trinajstić information content (AvgIpc) is 2.86. The first-order chi connectivity index (χ1) is 11.9. The maximum Gasteiger partial charge on any atom is 0.258 e. The van der Waals surface area contributed by atoms with Gasteiger partial charge in [-0.05, 0) is 38.5 Å². The van der Waals surface area contributed by atoms with Crippen molar-refractivity contribution < 1.29 is 13.9 Å². The molecule has 0 bridgehead atoms. The standard InChI is InChI=1S/C18H18ClN3O3/c1-10-11(2)25-18-16(10)17(21-12(3)22-18)24-9-15(23)20-8-13-4-6-14(19)7-5-13/h4-7H,8-9H2,1-3H3,(H,20,23). The number of halogens is 1. The summed E-state index contributed by atoms with van der Waals surface area (Å²) in [6.07, 6.45) is 0. The molecule has 130 valence electrons. The van der Waals surface area contributed by atoms with Crippen LogP contribution in [0.4, 0.5) is 0 Å². The van der Waals surface area contributed by atoms with Gasteiger partial charge in [-0.25, -0.2) is 0 Å². The number of aryl methyl sites for hydroxylation is 3. The number of fused-ring (bicyclic) bond motifs is 1. The molecule has 25 heavy (non-hydrogen) atoms. The zero-order valence-corrected chi connectivity index (χ0v) is 15.0. The van der Waals surface area contributed by atoms with Crippen molar-refractivity contribution in [3.8, 4) is 5.88 Å². The summed E-state index contributed by atoms with van der Waals surface area (Å²) in [5.41, 5.74) is 2.34. The Balaban J connectivity index is 1.66. The minimum Gasteiger partial charge on any atom is -0.467 e. The van der Waals surface area contributed by atoms with Gasteiger partial charge in [-0.2, -0.15) is 9.97 Å². The Labute approximate surface area is 150 Å². The van der Waals surface area contributed by atoms with E-state index in [4.69, 9.17) is 20.8 Å². The molecule has 0 saturated carbocycles. The van der Waals surface area contributed by atoms with E-state index >= 15 is 0 Å². The van der Waals surface area contributed by atoms with Crippen LogP contribution in [0.2, 0.25) is 5.02 Å². The van der Waals surface area contributed by atoms with E-state index in [-0.39, 0.29) is 12.5 Å². The van der Waals surface area contributed by atoms with Gasteiger partial charge in [-0.1, -0.05) is 23.7 Å². The Morgan fingerprint density at radius 3 is 2.64 bits per heavy atom. The van der Waals surface area contributed by atoms with Crippen molar-refractivity contribution in [3.05, 3.63) is 52.0 Å². The fraction of sp³-hybridized carbons (Fsp3) is 0.278. The molecule has 0 fully saturated rings. The molecule has 0 unspecified atom stereocenters. The van der Waals surface area contributed by atoms with Gasteiger partial charge in [-0.3, -0.25) is 4.79 Å². The van der Waals surface area contributed by atoms with E-state index in [0.717, 1.165) is 16.9 Å². The van der Waals surface area contributed by atoms with Crippen molar-refractivity contribution in [2.75, 3.05) is 6.61 Å². The third-order valence-electron chi connectivity index (χ3n) is 3.85. The number of ether oxygens (including phenoxy) is 1. The summed E-state index contributed by atoms with van der Waals surface area (Å²) in [7, 11) is 0. The first kappa shape index (κ1) is 17.2. The lowest BCUT2D eigenvalue weighted by molar-refractivity contribution is -0.123. The van der Waals surface area contributed by atoms with Crippen LogP contribution in [-0.2, 0) is 11.3 Å². The molecular weight excluding hydrogens is 342 g/mol. The van der Waals surface area contributed by atoms with Crippen molar-refractivity contribution in [3.63, 3.8) is 0 Å². The van der Waals surface area contributed by atoms with Gasteiger partial charge in [0.25, 0.3) is 5.91 Å². The predicted octanol–water partition coefficient (Wildman–Crippen LogP) is 3.50. The number of furan rings is 1. The van der Waals surface area contributed by atoms with Crippen LogP contribution in [-0.4, -0.2) is 22.5 Å². The summed E-state index contributed by atoms with van der Waals surface area (Å²) < 4.78 is 11.2. The third kappa shape index (κ3) is 3.91. The van der Waals surface area contributed by atoms with Crippen LogP contribution in [0.5, 0.6) is 5.88 Å². The molecule has 0 saturated heterocycles. The van der Waals surface area contributed by atoms with Crippen molar-refractivity contribution in [1.29, 1.82) is 0 Å². The first-order valence-electron chi connectivity index (χ1n) is 7.82. The number of rotatable bonds is 5. The lowest BCUT2D eigenvalue weighted by Crippen LogP contribution is -2.28. The monoisotopic (exact) mass is 359 g/mol. The molecule has 0 radical (unpaired) electrons. The fourth-order valence-corrected chi connectivity index (χ4v) is 2.53. The van der Waals surface area contributed by atoms with Gasteiger partial charge in [0, 0.05) is 17.1 Å². The Hall–Kier alpha value is -2.60. The molecule has 0 aliphatic heterocycles. The Morgan fingerprint density at radius 2 is 1.92 bits per heavy atom. The first-order valence-corrected chi connectivity index (χ1v) is 8.20. The number of nitrogens with zero attached hydrogens (tertiary/aromatic N) is 2. The highest BCUT2D eigenvalue weighted by atomic mass is 35.5. The summed E-state index contributed by atoms with van der Waals surface area (Å²) in [5.74, 6) is 1.40. The van der Waals surface area contributed by atoms with Gasteiger partial charge >= 0.3 is 0 Å². The predicted molar refractivity (Wildman–Crippen MR) is 94.8 cm³/mol. The number of amides is 1. The van der Waals surface area contributed by atoms with Crippen LogP contribution in [0.1, 0.15) is 22.7 Å². The number of hydrogen-bond acceptors (Lipinski definition) is 5. The third-order valence-corrected chi connectivity index (χ3v) is 4.10. The molecule has 6 nitrogen and oxygen atoms in total. The summed E-state index contributed by atoms with van der Waals surface area (Å²) in [6, 6.07) is 7.28. The molecule has 1 aromatic carbocycles. The van der Waals surface area contributed by atoms with E-state index in [0.29, 0.717) is 34.4 Å². The van der Waals surface area contributed by atoms with E-state index in [9.17, 15) is 4.79 Å². The maximum atomic E-state index is 12.0. The molecule has 3 aromatic rings. The van der Waals surface area contributed by atoms with Gasteiger partial charge in [0.15, 0.2) is 6.61 Å². The molecule has 2 heterocycles. The van der Waals surface area contributed by atoms with Crippen LogP contribution < -0.4 is 10.1 Å². The van der Waals surface area contributed by atoms with Gasteiger partial charge in [-0.15, -0.1) is 0 Å². The summed E-state index contributed by atoms with van der Waals surface area (Å²) in [4.78, 5) is 20.6. The number of aromatic nitrogens is 2. The molecule has 0 aliphatic rings. The molecule has 0 aliphatic carbocycles. The van der Waals surface area contributed by atoms with Crippen molar-refractivity contribution in [2.45, 2.75) is 27.3 Å². The SMILES string of the molecule is Cc1nc(OCC(=O)NCc2ccc(Cl)cc2)c2c(C)c(C)oc2n1. The molecule has 1 amide bonds. The number of carbonyl (C=O) groups excluding carboxylic acids is 1. The molecule has 7 heteroatoms. The molecule has 0 atom stereocenters. The Bertz CT molecular complexity index is 919. The second kappa shape index (κ2) is 7.11. The van der Waals surface area contributed by atoms with E-state index < -0.39 is 0 Å². The number of benzene rings is 1. The second-order valence-corrected chi connectivity index (χ2v) is 6.17.